The van der Waals surface area contributed by atoms with Crippen molar-refractivity contribution in [3.05, 3.63) is 40.5 Å². The molecule has 0 atom stereocenters. The van der Waals surface area contributed by atoms with Gasteiger partial charge in [0.05, 0.1) is 16.7 Å². The number of phenols is 5. The number of hydrogen-bond acceptors (Lipinski definition) is 7. The molecule has 0 fully saturated rings. The van der Waals surface area contributed by atoms with Gasteiger partial charge in [-0.25, -0.2) is 0 Å². The van der Waals surface area contributed by atoms with E-state index in [1.807, 2.05) is 0 Å². The van der Waals surface area contributed by atoms with Gasteiger partial charge in [-0.05, 0) is 6.07 Å². The van der Waals surface area contributed by atoms with Crippen LogP contribution in [0.1, 0.15) is 31.8 Å². The summed E-state index contributed by atoms with van der Waals surface area (Å²) >= 11 is 0. The van der Waals surface area contributed by atoms with Crippen LogP contribution >= 0.6 is 0 Å². The Balaban J connectivity index is 2.47. The third kappa shape index (κ3) is 1.42. The van der Waals surface area contributed by atoms with Crippen molar-refractivity contribution in [2.45, 2.75) is 0 Å². The Hall–Kier alpha value is -3.22. The van der Waals surface area contributed by atoms with E-state index in [9.17, 15) is 35.1 Å². The van der Waals surface area contributed by atoms with Crippen LogP contribution in [0.4, 0.5) is 0 Å². The third-order valence-corrected chi connectivity index (χ3v) is 3.36. The number of carbonyl (C=O) groups excluding carboxylic acids is 2. The highest BCUT2D eigenvalue weighted by atomic mass is 16.3. The minimum Gasteiger partial charge on any atom is -0.507 e. The number of phenolic OH excluding ortho intramolecular Hbond substituents is 5. The van der Waals surface area contributed by atoms with Gasteiger partial charge in [0.2, 0.25) is 17.3 Å². The van der Waals surface area contributed by atoms with E-state index in [2.05, 4.69) is 0 Å². The Labute approximate surface area is 117 Å². The average Bonchev–Trinajstić information content (AvgIpc) is 2.46. The van der Waals surface area contributed by atoms with Crippen LogP contribution in [0.3, 0.4) is 0 Å². The molecule has 106 valence electrons. The molecular weight excluding hydrogens is 280 g/mol. The largest absolute Gasteiger partial charge is 0.507 e. The molecule has 3 rings (SSSR count). The van der Waals surface area contributed by atoms with Gasteiger partial charge >= 0.3 is 0 Å². The summed E-state index contributed by atoms with van der Waals surface area (Å²) in [5.74, 6) is -6.54. The van der Waals surface area contributed by atoms with Crippen LogP contribution in [0, 0.1) is 0 Å². The number of ketones is 2. The first-order valence-electron chi connectivity index (χ1n) is 5.77. The lowest BCUT2D eigenvalue weighted by Crippen LogP contribution is -2.21. The molecule has 0 saturated carbocycles. The molecular formula is C14H8O7. The van der Waals surface area contributed by atoms with Gasteiger partial charge in [0.1, 0.15) is 5.75 Å². The zero-order valence-corrected chi connectivity index (χ0v) is 10.3. The minimum atomic E-state index is -1.12. The van der Waals surface area contributed by atoms with Gasteiger partial charge in [-0.1, -0.05) is 12.1 Å². The fraction of sp³-hybridized carbons (Fsp3) is 0. The lowest BCUT2D eigenvalue weighted by atomic mass is 9.82. The summed E-state index contributed by atoms with van der Waals surface area (Å²) in [5, 5.41) is 48.2. The summed E-state index contributed by atoms with van der Waals surface area (Å²) in [6.07, 6.45) is 0. The Kier molecular flexibility index (Phi) is 2.37. The Bertz CT molecular complexity index is 836. The minimum absolute atomic E-state index is 0.174. The molecule has 1 aliphatic rings. The van der Waals surface area contributed by atoms with Crippen molar-refractivity contribution in [3.8, 4) is 28.7 Å². The molecule has 0 unspecified atom stereocenters. The van der Waals surface area contributed by atoms with Crippen LogP contribution in [0.2, 0.25) is 0 Å². The molecule has 2 aromatic carbocycles. The summed E-state index contributed by atoms with van der Waals surface area (Å²) in [4.78, 5) is 24.6. The normalized spacial score (nSPS) is 13.0. The van der Waals surface area contributed by atoms with Crippen LogP contribution in [-0.2, 0) is 0 Å². The monoisotopic (exact) mass is 288 g/mol. The van der Waals surface area contributed by atoms with E-state index in [0.29, 0.717) is 0 Å². The number of aromatic hydroxyl groups is 5. The van der Waals surface area contributed by atoms with Gasteiger partial charge in [-0.2, -0.15) is 0 Å². The molecule has 0 heterocycles. The molecule has 0 bridgehead atoms. The maximum absolute atomic E-state index is 12.3. The van der Waals surface area contributed by atoms with Crippen molar-refractivity contribution in [1.29, 1.82) is 0 Å². The summed E-state index contributed by atoms with van der Waals surface area (Å²) < 4.78 is 0. The summed E-state index contributed by atoms with van der Waals surface area (Å²) in [7, 11) is 0. The highest BCUT2D eigenvalue weighted by Gasteiger charge is 2.39. The lowest BCUT2D eigenvalue weighted by Gasteiger charge is -2.21. The van der Waals surface area contributed by atoms with E-state index in [-0.39, 0.29) is 11.1 Å². The number of hydrogen-bond donors (Lipinski definition) is 5. The number of benzene rings is 2. The molecule has 0 radical (unpaired) electrons. The van der Waals surface area contributed by atoms with E-state index >= 15 is 0 Å². The number of carbonyl (C=O) groups is 2. The first kappa shape index (κ1) is 12.8. The number of rotatable bonds is 0. The fourth-order valence-corrected chi connectivity index (χ4v) is 2.37. The van der Waals surface area contributed by atoms with E-state index in [0.717, 1.165) is 0 Å². The third-order valence-electron chi connectivity index (χ3n) is 3.36. The molecule has 5 N–H and O–H groups in total. The van der Waals surface area contributed by atoms with E-state index in [4.69, 9.17) is 0 Å². The maximum Gasteiger partial charge on any atom is 0.205 e. The van der Waals surface area contributed by atoms with Crippen LogP contribution in [-0.4, -0.2) is 37.1 Å². The second-order valence-electron chi connectivity index (χ2n) is 4.50. The fourth-order valence-electron chi connectivity index (χ4n) is 2.37. The van der Waals surface area contributed by atoms with Gasteiger partial charge in [0, 0.05) is 5.56 Å². The van der Waals surface area contributed by atoms with Crippen molar-refractivity contribution in [3.63, 3.8) is 0 Å². The van der Waals surface area contributed by atoms with Gasteiger partial charge in [0.15, 0.2) is 17.3 Å². The molecule has 21 heavy (non-hydrogen) atoms. The van der Waals surface area contributed by atoms with E-state index < -0.39 is 51.4 Å². The van der Waals surface area contributed by atoms with E-state index in [1.54, 1.807) is 0 Å². The van der Waals surface area contributed by atoms with Crippen molar-refractivity contribution < 1.29 is 35.1 Å². The van der Waals surface area contributed by atoms with Gasteiger partial charge < -0.3 is 25.5 Å². The molecule has 0 aromatic heterocycles. The molecule has 7 nitrogen and oxygen atoms in total. The molecule has 1 aliphatic carbocycles. The first-order valence-corrected chi connectivity index (χ1v) is 5.77. The van der Waals surface area contributed by atoms with Crippen molar-refractivity contribution >= 4 is 11.6 Å². The SMILES string of the molecule is O=C1c2cccc(O)c2C(=O)c2c(O)c(O)c(O)c(O)c21. The zero-order chi connectivity index (χ0) is 15.5. The zero-order valence-electron chi connectivity index (χ0n) is 10.3. The highest BCUT2D eigenvalue weighted by molar-refractivity contribution is 6.31. The molecule has 0 aliphatic heterocycles. The highest BCUT2D eigenvalue weighted by Crippen LogP contribution is 2.50. The number of fused-ring (bicyclic) bond motifs is 2. The average molecular weight is 288 g/mol. The summed E-state index contributed by atoms with van der Waals surface area (Å²) in [6.45, 7) is 0. The quantitative estimate of drug-likeness (QED) is 0.307. The lowest BCUT2D eigenvalue weighted by molar-refractivity contribution is 0.0970. The van der Waals surface area contributed by atoms with Gasteiger partial charge in [-0.15, -0.1) is 0 Å². The maximum atomic E-state index is 12.3. The predicted molar refractivity (Wildman–Crippen MR) is 68.1 cm³/mol. The second-order valence-corrected chi connectivity index (χ2v) is 4.50. The van der Waals surface area contributed by atoms with Gasteiger partial charge in [0.25, 0.3) is 0 Å². The van der Waals surface area contributed by atoms with Gasteiger partial charge in [-0.3, -0.25) is 9.59 Å². The topological polar surface area (TPSA) is 135 Å². The Morgan fingerprint density at radius 1 is 0.619 bits per heavy atom. The van der Waals surface area contributed by atoms with Crippen molar-refractivity contribution in [2.75, 3.05) is 0 Å². The molecule has 7 heteroatoms. The summed E-state index contributed by atoms with van der Waals surface area (Å²) in [5.41, 5.74) is -1.80. The molecule has 0 amide bonds. The van der Waals surface area contributed by atoms with Crippen LogP contribution in [0.5, 0.6) is 28.7 Å². The molecule has 0 spiro atoms. The summed E-state index contributed by atoms with van der Waals surface area (Å²) in [6, 6.07) is 3.78. The van der Waals surface area contributed by atoms with Crippen molar-refractivity contribution in [2.24, 2.45) is 0 Å². The smallest absolute Gasteiger partial charge is 0.205 e. The Morgan fingerprint density at radius 2 is 1.14 bits per heavy atom. The first-order chi connectivity index (χ1) is 9.86. The standard InChI is InChI=1S/C14H8O7/c15-5-3-1-2-4-6(5)10(17)8-7(9(4)16)11(18)13(20)14(21)12(8)19/h1-3,15,18-21H. The Morgan fingerprint density at radius 3 is 1.71 bits per heavy atom. The van der Waals surface area contributed by atoms with Crippen LogP contribution in [0.15, 0.2) is 18.2 Å². The van der Waals surface area contributed by atoms with E-state index in [1.165, 1.54) is 18.2 Å². The predicted octanol–water partition coefficient (Wildman–Crippen LogP) is 0.990. The van der Waals surface area contributed by atoms with Crippen molar-refractivity contribution in [1.82, 2.24) is 0 Å². The second kappa shape index (κ2) is 3.89. The molecule has 0 saturated heterocycles. The van der Waals surface area contributed by atoms with Crippen LogP contribution < -0.4 is 0 Å². The molecule has 2 aromatic rings. The van der Waals surface area contributed by atoms with Crippen LogP contribution in [0.25, 0.3) is 0 Å².